The highest BCUT2D eigenvalue weighted by Gasteiger charge is 2.22. The van der Waals surface area contributed by atoms with Crippen molar-refractivity contribution in [2.75, 3.05) is 6.61 Å². The van der Waals surface area contributed by atoms with E-state index >= 15 is 0 Å². The first-order chi connectivity index (χ1) is 10.4. The summed E-state index contributed by atoms with van der Waals surface area (Å²) in [5.74, 6) is -1.38. The van der Waals surface area contributed by atoms with E-state index in [9.17, 15) is 13.9 Å². The second-order valence-electron chi connectivity index (χ2n) is 5.22. The fourth-order valence-electron chi connectivity index (χ4n) is 1.92. The molecule has 7 heteroatoms. The van der Waals surface area contributed by atoms with Crippen molar-refractivity contribution in [3.63, 3.8) is 0 Å². The molecule has 22 heavy (non-hydrogen) atoms. The molecule has 1 N–H and O–H groups in total. The number of aromatic nitrogens is 3. The van der Waals surface area contributed by atoms with Gasteiger partial charge in [0.25, 0.3) is 0 Å². The zero-order valence-electron chi connectivity index (χ0n) is 12.8. The summed E-state index contributed by atoms with van der Waals surface area (Å²) in [4.78, 5) is 4.26. The van der Waals surface area contributed by atoms with Crippen LogP contribution in [-0.2, 0) is 11.3 Å². The zero-order valence-corrected chi connectivity index (χ0v) is 12.8. The van der Waals surface area contributed by atoms with Gasteiger partial charge in [-0.2, -0.15) is 0 Å². The molecule has 5 nitrogen and oxygen atoms in total. The minimum Gasteiger partial charge on any atom is -0.385 e. The van der Waals surface area contributed by atoms with Gasteiger partial charge in [-0.05, 0) is 25.0 Å². The van der Waals surface area contributed by atoms with Crippen molar-refractivity contribution >= 4 is 0 Å². The normalized spacial score (nSPS) is 12.9. The van der Waals surface area contributed by atoms with Gasteiger partial charge in [-0.3, -0.25) is 0 Å². The van der Waals surface area contributed by atoms with Gasteiger partial charge in [0.15, 0.2) is 23.3 Å². The second kappa shape index (κ2) is 6.93. The van der Waals surface area contributed by atoms with Gasteiger partial charge in [0.05, 0.1) is 5.69 Å². The quantitative estimate of drug-likeness (QED) is 0.891. The van der Waals surface area contributed by atoms with Crippen LogP contribution in [0.2, 0.25) is 0 Å². The maximum atomic E-state index is 13.4. The van der Waals surface area contributed by atoms with Crippen LogP contribution >= 0.6 is 0 Å². The van der Waals surface area contributed by atoms with Crippen LogP contribution < -0.4 is 0 Å². The summed E-state index contributed by atoms with van der Waals surface area (Å²) in [6, 6.07) is 3.42. The number of ether oxygens (including phenoxy) is 1. The van der Waals surface area contributed by atoms with Crippen LogP contribution in [0.15, 0.2) is 18.2 Å². The molecule has 1 heterocycles. The molecule has 1 aromatic heterocycles. The lowest BCUT2D eigenvalue weighted by Crippen LogP contribution is -2.13. The average Bonchev–Trinajstić information content (AvgIpc) is 2.91. The molecule has 0 saturated heterocycles. The molecule has 120 valence electrons. The molecule has 2 aromatic rings. The Morgan fingerprint density at radius 2 is 2.00 bits per heavy atom. The summed E-state index contributed by atoms with van der Waals surface area (Å²) in [6.07, 6.45) is -0.879. The van der Waals surface area contributed by atoms with E-state index in [0.29, 0.717) is 18.1 Å². The van der Waals surface area contributed by atoms with Crippen molar-refractivity contribution in [2.45, 2.75) is 33.5 Å². The number of rotatable bonds is 6. The fraction of sp³-hybridized carbons (Fsp3) is 0.467. The van der Waals surface area contributed by atoms with Crippen molar-refractivity contribution < 1.29 is 18.6 Å². The minimum absolute atomic E-state index is 0.104. The Kier molecular flexibility index (Phi) is 5.20. The van der Waals surface area contributed by atoms with Crippen LogP contribution in [0.4, 0.5) is 8.78 Å². The highest BCUT2D eigenvalue weighted by molar-refractivity contribution is 5.33. The van der Waals surface area contributed by atoms with Crippen LogP contribution in [-0.4, -0.2) is 26.5 Å². The van der Waals surface area contributed by atoms with Gasteiger partial charge in [0, 0.05) is 12.7 Å². The van der Waals surface area contributed by atoms with Gasteiger partial charge in [0.2, 0.25) is 0 Å². The van der Waals surface area contributed by atoms with E-state index in [0.717, 1.165) is 12.1 Å². The molecule has 0 aliphatic rings. The molecule has 0 aliphatic heterocycles. The summed E-state index contributed by atoms with van der Waals surface area (Å²) in [6.45, 7) is 6.19. The molecule has 0 spiro atoms. The average molecular weight is 311 g/mol. The maximum Gasteiger partial charge on any atom is 0.177 e. The van der Waals surface area contributed by atoms with Crippen molar-refractivity contribution in [3.05, 3.63) is 41.5 Å². The number of hydrogen-bond acceptors (Lipinski definition) is 4. The van der Waals surface area contributed by atoms with Gasteiger partial charge < -0.3 is 9.84 Å². The number of nitrogens with zero attached hydrogens (tertiary/aromatic N) is 3. The molecule has 1 aromatic carbocycles. The lowest BCUT2D eigenvalue weighted by Gasteiger charge is -2.14. The largest absolute Gasteiger partial charge is 0.385 e. The van der Waals surface area contributed by atoms with E-state index < -0.39 is 17.7 Å². The zero-order chi connectivity index (χ0) is 16.3. The fourth-order valence-corrected chi connectivity index (χ4v) is 1.92. The van der Waals surface area contributed by atoms with Crippen LogP contribution in [0.5, 0.6) is 0 Å². The first-order valence-electron chi connectivity index (χ1n) is 7.11. The van der Waals surface area contributed by atoms with E-state index in [1.54, 1.807) is 0 Å². The first kappa shape index (κ1) is 16.5. The molecular formula is C15H19F2N3O2. The summed E-state index contributed by atoms with van der Waals surface area (Å²) >= 11 is 0. The van der Waals surface area contributed by atoms with Gasteiger partial charge in [-0.15, -0.1) is 5.10 Å². The second-order valence-corrected chi connectivity index (χ2v) is 5.22. The standard InChI is InChI=1S/C15H19F2N3O2/c1-4-22-8-13-18-15(14(21)9(2)3)20(19-13)10-5-6-11(16)12(17)7-10/h5-7,9,14,21H,4,8H2,1-3H3/t14-/m0/s1. The first-order valence-corrected chi connectivity index (χ1v) is 7.11. The SMILES string of the molecule is CCOCc1nc([C@@H](O)C(C)C)n(-c2ccc(F)c(F)c2)n1. The van der Waals surface area contributed by atoms with E-state index in [2.05, 4.69) is 10.1 Å². The van der Waals surface area contributed by atoms with E-state index in [1.165, 1.54) is 10.7 Å². The molecular weight excluding hydrogens is 292 g/mol. The van der Waals surface area contributed by atoms with Crippen molar-refractivity contribution in [1.82, 2.24) is 14.8 Å². The molecule has 2 rings (SSSR count). The number of benzene rings is 1. The third-order valence-corrected chi connectivity index (χ3v) is 3.16. The van der Waals surface area contributed by atoms with Crippen LogP contribution in [0.25, 0.3) is 5.69 Å². The number of halogens is 2. The third-order valence-electron chi connectivity index (χ3n) is 3.16. The van der Waals surface area contributed by atoms with E-state index in [4.69, 9.17) is 4.74 Å². The molecule has 0 unspecified atom stereocenters. The summed E-state index contributed by atoms with van der Waals surface area (Å²) < 4.78 is 33.1. The number of aliphatic hydroxyl groups excluding tert-OH is 1. The highest BCUT2D eigenvalue weighted by Crippen LogP contribution is 2.23. The Balaban J connectivity index is 2.46. The van der Waals surface area contributed by atoms with Gasteiger partial charge in [-0.1, -0.05) is 13.8 Å². The third kappa shape index (κ3) is 3.48. The molecule has 0 radical (unpaired) electrons. The van der Waals surface area contributed by atoms with Crippen molar-refractivity contribution in [3.8, 4) is 5.69 Å². The summed E-state index contributed by atoms with van der Waals surface area (Å²) in [7, 11) is 0. The van der Waals surface area contributed by atoms with E-state index in [-0.39, 0.29) is 18.3 Å². The lowest BCUT2D eigenvalue weighted by atomic mass is 10.1. The topological polar surface area (TPSA) is 60.2 Å². The Bertz CT molecular complexity index is 644. The Labute approximate surface area is 127 Å². The molecule has 1 atom stereocenters. The predicted octanol–water partition coefficient (Wildman–Crippen LogP) is 2.77. The smallest absolute Gasteiger partial charge is 0.177 e. The summed E-state index contributed by atoms with van der Waals surface area (Å²) in [5, 5.41) is 14.5. The Morgan fingerprint density at radius 3 is 2.59 bits per heavy atom. The highest BCUT2D eigenvalue weighted by atomic mass is 19.2. The monoisotopic (exact) mass is 311 g/mol. The Hall–Kier alpha value is -1.86. The number of hydrogen-bond donors (Lipinski definition) is 1. The van der Waals surface area contributed by atoms with Gasteiger partial charge >= 0.3 is 0 Å². The minimum atomic E-state index is -0.982. The van der Waals surface area contributed by atoms with Crippen molar-refractivity contribution in [1.29, 1.82) is 0 Å². The van der Waals surface area contributed by atoms with Crippen LogP contribution in [0.3, 0.4) is 0 Å². The summed E-state index contributed by atoms with van der Waals surface area (Å²) in [5.41, 5.74) is 0.295. The Morgan fingerprint density at radius 1 is 1.27 bits per heavy atom. The van der Waals surface area contributed by atoms with Crippen molar-refractivity contribution in [2.24, 2.45) is 5.92 Å². The molecule has 0 fully saturated rings. The maximum absolute atomic E-state index is 13.4. The predicted molar refractivity (Wildman–Crippen MR) is 76.4 cm³/mol. The van der Waals surface area contributed by atoms with Gasteiger partial charge in [0.1, 0.15) is 12.7 Å². The molecule has 0 amide bonds. The molecule has 0 saturated carbocycles. The van der Waals surface area contributed by atoms with Gasteiger partial charge in [-0.25, -0.2) is 18.4 Å². The number of aliphatic hydroxyl groups is 1. The van der Waals surface area contributed by atoms with E-state index in [1.807, 2.05) is 20.8 Å². The lowest BCUT2D eigenvalue weighted by molar-refractivity contribution is 0.114. The van der Waals surface area contributed by atoms with Crippen LogP contribution in [0, 0.1) is 17.6 Å². The van der Waals surface area contributed by atoms with Crippen LogP contribution in [0.1, 0.15) is 38.5 Å². The molecule has 0 bridgehead atoms. The molecule has 0 aliphatic carbocycles.